The minimum Gasteiger partial charge on any atom is -0.494 e. The van der Waals surface area contributed by atoms with E-state index in [-0.39, 0.29) is 5.91 Å². The molecule has 1 heterocycles. The molecule has 1 amide bonds. The van der Waals surface area contributed by atoms with Gasteiger partial charge in [-0.3, -0.25) is 4.79 Å². The highest BCUT2D eigenvalue weighted by molar-refractivity contribution is 6.30. The lowest BCUT2D eigenvalue weighted by molar-refractivity contribution is 0.0953. The van der Waals surface area contributed by atoms with Gasteiger partial charge in [-0.1, -0.05) is 35.3 Å². The summed E-state index contributed by atoms with van der Waals surface area (Å²) in [5.41, 5.74) is 2.70. The largest absolute Gasteiger partial charge is 0.494 e. The molecule has 4 aromatic rings. The predicted molar refractivity (Wildman–Crippen MR) is 133 cm³/mol. The van der Waals surface area contributed by atoms with Gasteiger partial charge in [0.2, 0.25) is 0 Å². The standard InChI is InChI=1S/C26H25Cl2N3O2/c27-20-10-8-19(9-11-20)26(32)29-16-3-7-25-30-23-5-1-2-6-24(23)31(25)17-4-18-33-22-14-12-21(28)13-15-22/h1-2,5-6,8-15H,3-4,7,16-18H2,(H,29,32). The van der Waals surface area contributed by atoms with Crippen molar-refractivity contribution in [2.75, 3.05) is 13.2 Å². The summed E-state index contributed by atoms with van der Waals surface area (Å²) >= 11 is 11.8. The number of rotatable bonds is 10. The number of halogens is 2. The molecule has 3 aromatic carbocycles. The molecule has 0 bridgehead atoms. The van der Waals surface area contributed by atoms with Crippen LogP contribution in [-0.4, -0.2) is 28.6 Å². The van der Waals surface area contributed by atoms with Crippen LogP contribution in [0.3, 0.4) is 0 Å². The van der Waals surface area contributed by atoms with Gasteiger partial charge in [0.1, 0.15) is 11.6 Å². The molecule has 0 aliphatic rings. The number of para-hydroxylation sites is 2. The summed E-state index contributed by atoms with van der Waals surface area (Å²) in [6.07, 6.45) is 2.42. The molecule has 7 heteroatoms. The zero-order chi connectivity index (χ0) is 23.0. The molecule has 33 heavy (non-hydrogen) atoms. The van der Waals surface area contributed by atoms with Gasteiger partial charge in [0.15, 0.2) is 0 Å². The Balaban J connectivity index is 1.32. The van der Waals surface area contributed by atoms with Crippen LogP contribution in [0.4, 0.5) is 0 Å². The maximum Gasteiger partial charge on any atom is 0.251 e. The van der Waals surface area contributed by atoms with E-state index < -0.39 is 0 Å². The molecule has 0 radical (unpaired) electrons. The van der Waals surface area contributed by atoms with Crippen molar-refractivity contribution in [2.24, 2.45) is 0 Å². The topological polar surface area (TPSA) is 56.2 Å². The maximum absolute atomic E-state index is 12.3. The van der Waals surface area contributed by atoms with Gasteiger partial charge in [0, 0.05) is 35.1 Å². The number of fused-ring (bicyclic) bond motifs is 1. The number of aryl methyl sites for hydroxylation is 2. The number of amides is 1. The fraction of sp³-hybridized carbons (Fsp3) is 0.231. The van der Waals surface area contributed by atoms with Gasteiger partial charge in [-0.05, 0) is 73.5 Å². The van der Waals surface area contributed by atoms with E-state index in [2.05, 4.69) is 16.0 Å². The summed E-state index contributed by atoms with van der Waals surface area (Å²) in [6, 6.07) is 22.4. The number of carbonyl (C=O) groups excluding carboxylic acids is 1. The SMILES string of the molecule is O=C(NCCCc1nc2ccccc2n1CCCOc1ccc(Cl)cc1)c1ccc(Cl)cc1. The molecular weight excluding hydrogens is 457 g/mol. The molecule has 0 aliphatic carbocycles. The molecular formula is C26H25Cl2N3O2. The van der Waals surface area contributed by atoms with Crippen molar-refractivity contribution in [2.45, 2.75) is 25.8 Å². The monoisotopic (exact) mass is 481 g/mol. The van der Waals surface area contributed by atoms with Gasteiger partial charge in [-0.25, -0.2) is 4.98 Å². The molecule has 170 valence electrons. The van der Waals surface area contributed by atoms with Crippen LogP contribution in [0.25, 0.3) is 11.0 Å². The zero-order valence-corrected chi connectivity index (χ0v) is 19.6. The van der Waals surface area contributed by atoms with Crippen LogP contribution in [0, 0.1) is 0 Å². The molecule has 0 fully saturated rings. The minimum atomic E-state index is -0.0977. The van der Waals surface area contributed by atoms with Crippen molar-refractivity contribution in [1.29, 1.82) is 0 Å². The van der Waals surface area contributed by atoms with Crippen LogP contribution in [-0.2, 0) is 13.0 Å². The van der Waals surface area contributed by atoms with E-state index >= 15 is 0 Å². The zero-order valence-electron chi connectivity index (χ0n) is 18.1. The lowest BCUT2D eigenvalue weighted by Crippen LogP contribution is -2.25. The van der Waals surface area contributed by atoms with Crippen LogP contribution in [0.5, 0.6) is 5.75 Å². The fourth-order valence-corrected chi connectivity index (χ4v) is 3.91. The number of hydrogen-bond donors (Lipinski definition) is 1. The minimum absolute atomic E-state index is 0.0977. The van der Waals surface area contributed by atoms with E-state index in [1.165, 1.54) is 0 Å². The number of benzene rings is 3. The molecule has 0 atom stereocenters. The van der Waals surface area contributed by atoms with Gasteiger partial charge in [-0.15, -0.1) is 0 Å². The Hall–Kier alpha value is -3.02. The van der Waals surface area contributed by atoms with Crippen molar-refractivity contribution in [1.82, 2.24) is 14.9 Å². The summed E-state index contributed by atoms with van der Waals surface area (Å²) < 4.78 is 8.09. The van der Waals surface area contributed by atoms with Gasteiger partial charge >= 0.3 is 0 Å². The molecule has 1 N–H and O–H groups in total. The average Bonchev–Trinajstić information content (AvgIpc) is 3.18. The lowest BCUT2D eigenvalue weighted by Gasteiger charge is -2.11. The van der Waals surface area contributed by atoms with Crippen molar-refractivity contribution in [3.8, 4) is 5.75 Å². The lowest BCUT2D eigenvalue weighted by atomic mass is 10.2. The highest BCUT2D eigenvalue weighted by atomic mass is 35.5. The summed E-state index contributed by atoms with van der Waals surface area (Å²) in [4.78, 5) is 17.1. The number of nitrogens with zero attached hydrogens (tertiary/aromatic N) is 2. The second-order valence-electron chi connectivity index (χ2n) is 7.69. The normalized spacial score (nSPS) is 11.0. The highest BCUT2D eigenvalue weighted by Gasteiger charge is 2.11. The highest BCUT2D eigenvalue weighted by Crippen LogP contribution is 2.19. The summed E-state index contributed by atoms with van der Waals surface area (Å²) in [6.45, 7) is 1.98. The number of imidazole rings is 1. The number of nitrogens with one attached hydrogen (secondary N) is 1. The quantitative estimate of drug-likeness (QED) is 0.275. The summed E-state index contributed by atoms with van der Waals surface area (Å²) in [7, 11) is 0. The maximum atomic E-state index is 12.3. The first-order chi connectivity index (χ1) is 16.1. The summed E-state index contributed by atoms with van der Waals surface area (Å²) in [5.74, 6) is 1.73. The van der Waals surface area contributed by atoms with Crippen molar-refractivity contribution in [3.63, 3.8) is 0 Å². The third kappa shape index (κ3) is 6.28. The molecule has 0 saturated carbocycles. The van der Waals surface area contributed by atoms with Gasteiger partial charge in [0.05, 0.1) is 17.6 Å². The third-order valence-electron chi connectivity index (χ3n) is 5.31. The molecule has 0 spiro atoms. The number of aromatic nitrogens is 2. The average molecular weight is 482 g/mol. The van der Waals surface area contributed by atoms with E-state index in [0.29, 0.717) is 28.8 Å². The van der Waals surface area contributed by atoms with E-state index in [4.69, 9.17) is 32.9 Å². The van der Waals surface area contributed by atoms with Crippen molar-refractivity contribution in [3.05, 3.63) is 94.2 Å². The Morgan fingerprint density at radius 2 is 1.61 bits per heavy atom. The van der Waals surface area contributed by atoms with E-state index in [1.807, 2.05) is 42.5 Å². The van der Waals surface area contributed by atoms with E-state index in [1.54, 1.807) is 24.3 Å². The van der Waals surface area contributed by atoms with Crippen LogP contribution >= 0.6 is 23.2 Å². The Labute approximate surface area is 203 Å². The summed E-state index contributed by atoms with van der Waals surface area (Å²) in [5, 5.41) is 4.28. The van der Waals surface area contributed by atoms with Crippen LogP contribution in [0.1, 0.15) is 29.0 Å². The van der Waals surface area contributed by atoms with Crippen LogP contribution in [0.15, 0.2) is 72.8 Å². The number of hydrogen-bond acceptors (Lipinski definition) is 3. The molecule has 5 nitrogen and oxygen atoms in total. The molecule has 0 unspecified atom stereocenters. The first kappa shape index (κ1) is 23.1. The van der Waals surface area contributed by atoms with Crippen molar-refractivity contribution < 1.29 is 9.53 Å². The van der Waals surface area contributed by atoms with E-state index in [0.717, 1.165) is 48.4 Å². The van der Waals surface area contributed by atoms with E-state index in [9.17, 15) is 4.79 Å². The second kappa shape index (κ2) is 11.2. The van der Waals surface area contributed by atoms with Gasteiger partial charge < -0.3 is 14.6 Å². The van der Waals surface area contributed by atoms with Crippen molar-refractivity contribution >= 4 is 40.1 Å². The Kier molecular flexibility index (Phi) is 7.87. The number of ether oxygens (including phenoxy) is 1. The Morgan fingerprint density at radius 1 is 0.909 bits per heavy atom. The van der Waals surface area contributed by atoms with Crippen LogP contribution in [0.2, 0.25) is 10.0 Å². The van der Waals surface area contributed by atoms with Crippen LogP contribution < -0.4 is 10.1 Å². The van der Waals surface area contributed by atoms with Gasteiger partial charge in [0.25, 0.3) is 5.91 Å². The van der Waals surface area contributed by atoms with Gasteiger partial charge in [-0.2, -0.15) is 0 Å². The fourth-order valence-electron chi connectivity index (χ4n) is 3.66. The first-order valence-corrected chi connectivity index (χ1v) is 11.7. The molecule has 0 saturated heterocycles. The first-order valence-electron chi connectivity index (χ1n) is 11.0. The third-order valence-corrected chi connectivity index (χ3v) is 5.82. The Bertz CT molecular complexity index is 1200. The Morgan fingerprint density at radius 3 is 2.36 bits per heavy atom. The predicted octanol–water partition coefficient (Wildman–Crippen LogP) is 6.17. The molecule has 0 aliphatic heterocycles. The molecule has 1 aromatic heterocycles. The second-order valence-corrected chi connectivity index (χ2v) is 8.56. The number of carbonyl (C=O) groups is 1. The molecule has 4 rings (SSSR count). The smallest absolute Gasteiger partial charge is 0.251 e.